The Kier molecular flexibility index (Phi) is 9.78. The number of aliphatic imine (C=N–C) groups is 1. The molecule has 1 unspecified atom stereocenters. The average Bonchev–Trinajstić information content (AvgIpc) is 2.80. The Balaban J connectivity index is 0.00000324. The Labute approximate surface area is 135 Å². The van der Waals surface area contributed by atoms with Crippen molar-refractivity contribution in [3.8, 4) is 0 Å². The minimum absolute atomic E-state index is 0. The van der Waals surface area contributed by atoms with Gasteiger partial charge in [0, 0.05) is 25.7 Å². The first-order valence-corrected chi connectivity index (χ1v) is 7.25. The van der Waals surface area contributed by atoms with Gasteiger partial charge < -0.3 is 10.6 Å². The van der Waals surface area contributed by atoms with Gasteiger partial charge in [-0.25, -0.2) is 0 Å². The molecule has 0 aromatic rings. The summed E-state index contributed by atoms with van der Waals surface area (Å²) < 4.78 is 0. The lowest BCUT2D eigenvalue weighted by atomic mass is 10.0. The second kappa shape index (κ2) is 9.80. The first-order chi connectivity index (χ1) is 8.54. The molecule has 1 aliphatic rings. The predicted octanol–water partition coefficient (Wildman–Crippen LogP) is 2.30. The molecule has 1 heterocycles. The molecule has 5 heteroatoms. The lowest BCUT2D eigenvalue weighted by molar-refractivity contribution is 0.192. The smallest absolute Gasteiger partial charge is 0.191 e. The van der Waals surface area contributed by atoms with Crippen LogP contribution in [0.2, 0.25) is 0 Å². The van der Waals surface area contributed by atoms with Gasteiger partial charge in [0.05, 0.1) is 0 Å². The first kappa shape index (κ1) is 19.0. The second-order valence-corrected chi connectivity index (χ2v) is 5.81. The number of hydrogen-bond acceptors (Lipinski definition) is 2. The molecule has 2 N–H and O–H groups in total. The van der Waals surface area contributed by atoms with Gasteiger partial charge in [-0.05, 0) is 45.7 Å². The molecule has 1 saturated heterocycles. The van der Waals surface area contributed by atoms with E-state index in [9.17, 15) is 0 Å². The zero-order valence-electron chi connectivity index (χ0n) is 13.1. The van der Waals surface area contributed by atoms with E-state index in [-0.39, 0.29) is 24.0 Å². The van der Waals surface area contributed by atoms with Crippen LogP contribution in [0.25, 0.3) is 0 Å². The minimum atomic E-state index is 0. The Morgan fingerprint density at radius 3 is 2.16 bits per heavy atom. The van der Waals surface area contributed by atoms with Crippen LogP contribution in [-0.4, -0.2) is 49.6 Å². The van der Waals surface area contributed by atoms with Gasteiger partial charge in [0.15, 0.2) is 5.96 Å². The number of hydrogen-bond donors (Lipinski definition) is 2. The molecule has 19 heavy (non-hydrogen) atoms. The molecule has 0 spiro atoms. The fraction of sp³-hybridized carbons (Fsp3) is 0.929. The Hall–Kier alpha value is -0.0400. The fourth-order valence-corrected chi connectivity index (χ4v) is 2.53. The maximum atomic E-state index is 4.26. The third-order valence-corrected chi connectivity index (χ3v) is 3.51. The molecule has 0 aromatic carbocycles. The average molecular weight is 382 g/mol. The molecular formula is C14H31IN4. The summed E-state index contributed by atoms with van der Waals surface area (Å²) in [4.78, 5) is 6.87. The molecule has 1 aliphatic heterocycles. The van der Waals surface area contributed by atoms with E-state index in [1.54, 1.807) is 0 Å². The van der Waals surface area contributed by atoms with Crippen molar-refractivity contribution in [1.29, 1.82) is 0 Å². The molecule has 0 aliphatic carbocycles. The van der Waals surface area contributed by atoms with Crippen molar-refractivity contribution in [2.75, 3.05) is 26.7 Å². The van der Waals surface area contributed by atoms with Crippen LogP contribution in [0.5, 0.6) is 0 Å². The highest BCUT2D eigenvalue weighted by atomic mass is 127. The largest absolute Gasteiger partial charge is 0.355 e. The molecule has 0 saturated carbocycles. The van der Waals surface area contributed by atoms with Crippen LogP contribution in [0.4, 0.5) is 0 Å². The van der Waals surface area contributed by atoms with Crippen molar-refractivity contribution in [2.45, 2.75) is 52.6 Å². The number of guanidine groups is 1. The van der Waals surface area contributed by atoms with Gasteiger partial charge in [-0.15, -0.1) is 24.0 Å². The molecule has 4 nitrogen and oxygen atoms in total. The van der Waals surface area contributed by atoms with Gasteiger partial charge in [0.25, 0.3) is 0 Å². The minimum Gasteiger partial charge on any atom is -0.355 e. The molecule has 0 radical (unpaired) electrons. The highest BCUT2D eigenvalue weighted by molar-refractivity contribution is 14.0. The maximum absolute atomic E-state index is 4.26. The molecule has 1 atom stereocenters. The Morgan fingerprint density at radius 2 is 1.74 bits per heavy atom. The fourth-order valence-electron chi connectivity index (χ4n) is 2.53. The van der Waals surface area contributed by atoms with Crippen LogP contribution in [0.15, 0.2) is 4.99 Å². The van der Waals surface area contributed by atoms with Gasteiger partial charge >= 0.3 is 0 Å². The Bertz CT molecular complexity index is 260. The molecule has 1 rings (SSSR count). The quantitative estimate of drug-likeness (QED) is 0.436. The van der Waals surface area contributed by atoms with Crippen LogP contribution in [-0.2, 0) is 0 Å². The summed E-state index contributed by atoms with van der Waals surface area (Å²) in [5.74, 6) is 1.59. The third kappa shape index (κ3) is 6.79. The zero-order chi connectivity index (χ0) is 13.5. The predicted molar refractivity (Wildman–Crippen MR) is 94.5 cm³/mol. The van der Waals surface area contributed by atoms with E-state index < -0.39 is 0 Å². The number of halogens is 1. The van der Waals surface area contributed by atoms with Crippen molar-refractivity contribution in [3.05, 3.63) is 0 Å². The summed E-state index contributed by atoms with van der Waals surface area (Å²) in [5.41, 5.74) is 0. The van der Waals surface area contributed by atoms with E-state index in [1.165, 1.54) is 25.9 Å². The van der Waals surface area contributed by atoms with Gasteiger partial charge in [0.2, 0.25) is 0 Å². The Morgan fingerprint density at radius 1 is 1.16 bits per heavy atom. The number of rotatable bonds is 5. The van der Waals surface area contributed by atoms with Crippen LogP contribution in [0.1, 0.15) is 40.5 Å². The van der Waals surface area contributed by atoms with Gasteiger partial charge in [0.1, 0.15) is 0 Å². The molecule has 0 amide bonds. The van der Waals surface area contributed by atoms with Crippen LogP contribution in [0.3, 0.4) is 0 Å². The number of likely N-dealkylation sites (tertiary alicyclic amines) is 1. The molecule has 0 aromatic heterocycles. The van der Waals surface area contributed by atoms with Crippen molar-refractivity contribution in [1.82, 2.24) is 15.5 Å². The summed E-state index contributed by atoms with van der Waals surface area (Å²) in [6.07, 6.45) is 2.70. The summed E-state index contributed by atoms with van der Waals surface area (Å²) in [6, 6.07) is 1.03. The van der Waals surface area contributed by atoms with E-state index in [2.05, 4.69) is 48.2 Å². The maximum Gasteiger partial charge on any atom is 0.191 e. The molecule has 1 fully saturated rings. The van der Waals surface area contributed by atoms with Crippen molar-refractivity contribution in [2.24, 2.45) is 10.9 Å². The summed E-state index contributed by atoms with van der Waals surface area (Å²) in [6.45, 7) is 12.4. The lowest BCUT2D eigenvalue weighted by Crippen LogP contribution is -2.49. The van der Waals surface area contributed by atoms with Crippen molar-refractivity contribution in [3.63, 3.8) is 0 Å². The van der Waals surface area contributed by atoms with E-state index in [4.69, 9.17) is 0 Å². The normalized spacial score (nSPS) is 18.6. The summed E-state index contributed by atoms with van der Waals surface area (Å²) >= 11 is 0. The van der Waals surface area contributed by atoms with E-state index >= 15 is 0 Å². The van der Waals surface area contributed by atoms with Gasteiger partial charge in [-0.3, -0.25) is 9.89 Å². The topological polar surface area (TPSA) is 39.7 Å². The highest BCUT2D eigenvalue weighted by Gasteiger charge is 2.24. The van der Waals surface area contributed by atoms with Crippen LogP contribution < -0.4 is 10.6 Å². The van der Waals surface area contributed by atoms with Crippen LogP contribution >= 0.6 is 24.0 Å². The standard InChI is InChI=1S/C14H30N4.HI/c1-11(2)13(18-8-6-7-9-18)10-16-14(15-5)17-12(3)4;/h11-13H,6-10H2,1-5H3,(H2,15,16,17);1H. The van der Waals surface area contributed by atoms with E-state index in [1.807, 2.05) is 7.05 Å². The molecule has 114 valence electrons. The number of nitrogens with zero attached hydrogens (tertiary/aromatic N) is 2. The van der Waals surface area contributed by atoms with Crippen LogP contribution in [0, 0.1) is 5.92 Å². The zero-order valence-corrected chi connectivity index (χ0v) is 15.4. The van der Waals surface area contributed by atoms with Gasteiger partial charge in [-0.2, -0.15) is 0 Å². The van der Waals surface area contributed by atoms with Crippen molar-refractivity contribution < 1.29 is 0 Å². The monoisotopic (exact) mass is 382 g/mol. The summed E-state index contributed by atoms with van der Waals surface area (Å²) in [5, 5.41) is 6.79. The highest BCUT2D eigenvalue weighted by Crippen LogP contribution is 2.16. The number of nitrogens with one attached hydrogen (secondary N) is 2. The van der Waals surface area contributed by atoms with E-state index in [0.29, 0.717) is 18.0 Å². The second-order valence-electron chi connectivity index (χ2n) is 5.81. The third-order valence-electron chi connectivity index (χ3n) is 3.51. The molecule has 0 bridgehead atoms. The van der Waals surface area contributed by atoms with E-state index in [0.717, 1.165) is 12.5 Å². The molecular weight excluding hydrogens is 351 g/mol. The lowest BCUT2D eigenvalue weighted by Gasteiger charge is -2.31. The summed E-state index contributed by atoms with van der Waals surface area (Å²) in [7, 11) is 1.83. The SMILES string of the molecule is CN=C(NCC(C(C)C)N1CCCC1)NC(C)C.I. The van der Waals surface area contributed by atoms with Gasteiger partial charge in [-0.1, -0.05) is 13.8 Å². The first-order valence-electron chi connectivity index (χ1n) is 7.25. The van der Waals surface area contributed by atoms with Crippen molar-refractivity contribution >= 4 is 29.9 Å².